The Morgan fingerprint density at radius 2 is 1.75 bits per heavy atom. The van der Waals surface area contributed by atoms with Crippen molar-refractivity contribution in [2.45, 2.75) is 18.9 Å². The lowest BCUT2D eigenvalue weighted by Crippen LogP contribution is -2.37. The van der Waals surface area contributed by atoms with Gasteiger partial charge in [0.1, 0.15) is 0 Å². The highest BCUT2D eigenvalue weighted by Crippen LogP contribution is 2.29. The lowest BCUT2D eigenvalue weighted by atomic mass is 9.82. The van der Waals surface area contributed by atoms with Gasteiger partial charge in [-0.3, -0.25) is 4.98 Å². The van der Waals surface area contributed by atoms with Crippen LogP contribution in [0.25, 0.3) is 0 Å². The third kappa shape index (κ3) is 1.84. The highest BCUT2D eigenvalue weighted by atomic mass is 14.8. The normalized spacial score (nSPS) is 14.4. The summed E-state index contributed by atoms with van der Waals surface area (Å²) < 4.78 is 0. The van der Waals surface area contributed by atoms with Crippen molar-refractivity contribution in [1.29, 1.82) is 0 Å². The van der Waals surface area contributed by atoms with Crippen molar-refractivity contribution in [2.24, 2.45) is 5.73 Å². The minimum absolute atomic E-state index is 0.435. The Kier molecular flexibility index (Phi) is 3.02. The lowest BCUT2D eigenvalue weighted by molar-refractivity contribution is 0.517. The molecule has 0 aliphatic carbocycles. The molecule has 2 aromatic rings. The predicted octanol–water partition coefficient (Wildman–Crippen LogP) is 2.69. The van der Waals surface area contributed by atoms with Gasteiger partial charge >= 0.3 is 0 Å². The number of hydrogen-bond acceptors (Lipinski definition) is 2. The van der Waals surface area contributed by atoms with Gasteiger partial charge in [0.25, 0.3) is 0 Å². The maximum atomic E-state index is 6.50. The second kappa shape index (κ2) is 4.45. The molecule has 0 spiro atoms. The van der Waals surface area contributed by atoms with Gasteiger partial charge in [-0.15, -0.1) is 0 Å². The first kappa shape index (κ1) is 10.8. The molecule has 2 N–H and O–H groups in total. The monoisotopic (exact) mass is 212 g/mol. The zero-order valence-electron chi connectivity index (χ0n) is 9.43. The van der Waals surface area contributed by atoms with Crippen LogP contribution in [0.3, 0.4) is 0 Å². The molecule has 2 nitrogen and oxygen atoms in total. The van der Waals surface area contributed by atoms with Crippen LogP contribution < -0.4 is 5.73 Å². The number of rotatable bonds is 3. The van der Waals surface area contributed by atoms with Crippen LogP contribution in [0.15, 0.2) is 54.9 Å². The SMILES string of the molecule is CCC(N)(c1ccccc1)c1cccnc1. The minimum Gasteiger partial charge on any atom is -0.318 e. The molecule has 1 unspecified atom stereocenters. The number of nitrogens with two attached hydrogens (primary N) is 1. The highest BCUT2D eigenvalue weighted by molar-refractivity contribution is 5.36. The summed E-state index contributed by atoms with van der Waals surface area (Å²) in [4.78, 5) is 4.14. The highest BCUT2D eigenvalue weighted by Gasteiger charge is 2.27. The van der Waals surface area contributed by atoms with Crippen LogP contribution in [-0.4, -0.2) is 4.98 Å². The zero-order valence-corrected chi connectivity index (χ0v) is 9.43. The molecule has 0 fully saturated rings. The summed E-state index contributed by atoms with van der Waals surface area (Å²) in [5.41, 5.74) is 8.25. The third-order valence-corrected chi connectivity index (χ3v) is 3.02. The molecule has 0 radical (unpaired) electrons. The van der Waals surface area contributed by atoms with Crippen molar-refractivity contribution in [1.82, 2.24) is 4.98 Å². The lowest BCUT2D eigenvalue weighted by Gasteiger charge is -2.29. The second-order valence-corrected chi connectivity index (χ2v) is 3.93. The smallest absolute Gasteiger partial charge is 0.0678 e. The molecule has 1 atom stereocenters. The van der Waals surface area contributed by atoms with Gasteiger partial charge in [-0.2, -0.15) is 0 Å². The van der Waals surface area contributed by atoms with Gasteiger partial charge in [-0.25, -0.2) is 0 Å². The first-order chi connectivity index (χ1) is 7.77. The van der Waals surface area contributed by atoms with Gasteiger partial charge in [0.05, 0.1) is 5.54 Å². The van der Waals surface area contributed by atoms with Crippen molar-refractivity contribution >= 4 is 0 Å². The molecule has 2 rings (SSSR count). The summed E-state index contributed by atoms with van der Waals surface area (Å²) in [7, 11) is 0. The van der Waals surface area contributed by atoms with E-state index in [2.05, 4.69) is 24.0 Å². The van der Waals surface area contributed by atoms with Crippen molar-refractivity contribution in [3.8, 4) is 0 Å². The molecule has 1 aromatic heterocycles. The third-order valence-electron chi connectivity index (χ3n) is 3.02. The van der Waals surface area contributed by atoms with Crippen LogP contribution in [-0.2, 0) is 5.54 Å². The first-order valence-corrected chi connectivity index (χ1v) is 5.52. The van der Waals surface area contributed by atoms with E-state index < -0.39 is 5.54 Å². The van der Waals surface area contributed by atoms with Crippen LogP contribution in [0.5, 0.6) is 0 Å². The molecule has 1 heterocycles. The second-order valence-electron chi connectivity index (χ2n) is 3.93. The fourth-order valence-corrected chi connectivity index (χ4v) is 1.94. The van der Waals surface area contributed by atoms with Crippen LogP contribution in [0.2, 0.25) is 0 Å². The fourth-order valence-electron chi connectivity index (χ4n) is 1.94. The first-order valence-electron chi connectivity index (χ1n) is 5.52. The Morgan fingerprint density at radius 3 is 2.31 bits per heavy atom. The molecule has 2 heteroatoms. The van der Waals surface area contributed by atoms with Gasteiger partial charge in [-0.1, -0.05) is 43.3 Å². The van der Waals surface area contributed by atoms with Gasteiger partial charge in [0.15, 0.2) is 0 Å². The Balaban J connectivity index is 2.49. The van der Waals surface area contributed by atoms with E-state index in [1.54, 1.807) is 6.20 Å². The average molecular weight is 212 g/mol. The number of hydrogen-bond donors (Lipinski definition) is 1. The van der Waals surface area contributed by atoms with E-state index in [1.165, 1.54) is 0 Å². The van der Waals surface area contributed by atoms with Gasteiger partial charge < -0.3 is 5.73 Å². The number of benzene rings is 1. The standard InChI is InChI=1S/C14H16N2/c1-2-14(15,12-7-4-3-5-8-12)13-9-6-10-16-11-13/h3-11H,2,15H2,1H3. The predicted molar refractivity (Wildman–Crippen MR) is 65.9 cm³/mol. The van der Waals surface area contributed by atoms with E-state index in [0.29, 0.717) is 0 Å². The maximum absolute atomic E-state index is 6.50. The largest absolute Gasteiger partial charge is 0.318 e. The molecule has 0 bridgehead atoms. The van der Waals surface area contributed by atoms with E-state index in [9.17, 15) is 0 Å². The molecule has 0 saturated carbocycles. The summed E-state index contributed by atoms with van der Waals surface area (Å²) in [6, 6.07) is 14.1. The van der Waals surface area contributed by atoms with Crippen molar-refractivity contribution in [3.05, 3.63) is 66.0 Å². The van der Waals surface area contributed by atoms with Crippen LogP contribution in [0, 0.1) is 0 Å². The van der Waals surface area contributed by atoms with E-state index in [0.717, 1.165) is 17.5 Å². The van der Waals surface area contributed by atoms with Crippen molar-refractivity contribution in [2.75, 3.05) is 0 Å². The van der Waals surface area contributed by atoms with Crippen LogP contribution in [0.1, 0.15) is 24.5 Å². The summed E-state index contributed by atoms with van der Waals surface area (Å²) in [5.74, 6) is 0. The van der Waals surface area contributed by atoms with Crippen molar-refractivity contribution in [3.63, 3.8) is 0 Å². The molecule has 82 valence electrons. The van der Waals surface area contributed by atoms with Crippen LogP contribution in [0.4, 0.5) is 0 Å². The molecular weight excluding hydrogens is 196 g/mol. The topological polar surface area (TPSA) is 38.9 Å². The molecule has 0 aliphatic rings. The molecule has 0 saturated heterocycles. The molecule has 1 aromatic carbocycles. The van der Waals surface area contributed by atoms with Gasteiger partial charge in [-0.05, 0) is 23.6 Å². The summed E-state index contributed by atoms with van der Waals surface area (Å²) >= 11 is 0. The Bertz CT molecular complexity index is 397. The summed E-state index contributed by atoms with van der Waals surface area (Å²) in [5, 5.41) is 0. The average Bonchev–Trinajstić information content (AvgIpc) is 2.40. The van der Waals surface area contributed by atoms with E-state index in [-0.39, 0.29) is 0 Å². The molecule has 16 heavy (non-hydrogen) atoms. The maximum Gasteiger partial charge on any atom is 0.0678 e. The molecule has 0 amide bonds. The fraction of sp³-hybridized carbons (Fsp3) is 0.214. The molecule has 0 aliphatic heterocycles. The number of pyridine rings is 1. The zero-order chi connectivity index (χ0) is 11.4. The minimum atomic E-state index is -0.435. The van der Waals surface area contributed by atoms with Gasteiger partial charge in [0.2, 0.25) is 0 Å². The van der Waals surface area contributed by atoms with E-state index in [1.807, 2.05) is 36.5 Å². The van der Waals surface area contributed by atoms with E-state index >= 15 is 0 Å². The quantitative estimate of drug-likeness (QED) is 0.849. The molecular formula is C14H16N2. The van der Waals surface area contributed by atoms with Gasteiger partial charge in [0, 0.05) is 12.4 Å². The van der Waals surface area contributed by atoms with Crippen LogP contribution >= 0.6 is 0 Å². The summed E-state index contributed by atoms with van der Waals surface area (Å²) in [6.45, 7) is 2.10. The summed E-state index contributed by atoms with van der Waals surface area (Å²) in [6.07, 6.45) is 4.46. The van der Waals surface area contributed by atoms with Crippen molar-refractivity contribution < 1.29 is 0 Å². The Labute approximate surface area is 96.1 Å². The Morgan fingerprint density at radius 1 is 1.06 bits per heavy atom. The number of nitrogens with zero attached hydrogens (tertiary/aromatic N) is 1. The van der Waals surface area contributed by atoms with E-state index in [4.69, 9.17) is 5.73 Å². The number of aromatic nitrogens is 1. The Hall–Kier alpha value is -1.67.